The van der Waals surface area contributed by atoms with Gasteiger partial charge in [-0.3, -0.25) is 0 Å². The molecule has 0 aromatic carbocycles. The van der Waals surface area contributed by atoms with Crippen molar-refractivity contribution in [3.63, 3.8) is 0 Å². The highest BCUT2D eigenvalue weighted by molar-refractivity contribution is 5.67. The van der Waals surface area contributed by atoms with Crippen LogP contribution in [0.15, 0.2) is 0 Å². The van der Waals surface area contributed by atoms with Gasteiger partial charge in [0.05, 0.1) is 0 Å². The summed E-state index contributed by atoms with van der Waals surface area (Å²) < 4.78 is 5.29. The van der Waals surface area contributed by atoms with Gasteiger partial charge in [0.1, 0.15) is 5.60 Å². The number of rotatable bonds is 2. The molecular formula is C15H28N2O2. The Morgan fingerprint density at radius 1 is 1.32 bits per heavy atom. The zero-order valence-corrected chi connectivity index (χ0v) is 12.5. The molecule has 1 saturated heterocycles. The Kier molecular flexibility index (Phi) is 4.71. The number of nitrogens with one attached hydrogen (secondary N) is 2. The van der Waals surface area contributed by atoms with Gasteiger partial charge in [-0.05, 0) is 45.4 Å². The first-order valence-corrected chi connectivity index (χ1v) is 7.64. The van der Waals surface area contributed by atoms with E-state index in [9.17, 15) is 4.79 Å². The molecule has 0 spiro atoms. The standard InChI is InChI=1S/C15H28N2O2/c1-15(2,3)19-14(18)17-10-12-9-16-13-7-5-4-6-11(12)8-13/h11-13,16H,4-10H2,1-3H3,(H,17,18). The zero-order valence-electron chi connectivity index (χ0n) is 12.5. The summed E-state index contributed by atoms with van der Waals surface area (Å²) in [6.07, 6.45) is 6.32. The molecule has 1 heterocycles. The number of fused-ring (bicyclic) bond motifs is 2. The number of piperidine rings is 1. The molecule has 2 fully saturated rings. The maximum atomic E-state index is 11.7. The molecule has 2 N–H and O–H groups in total. The SMILES string of the molecule is CC(C)(C)OC(=O)NCC1CNC2CCCCC1C2. The van der Waals surface area contributed by atoms with Gasteiger partial charge in [0, 0.05) is 19.1 Å². The van der Waals surface area contributed by atoms with Crippen LogP contribution < -0.4 is 10.6 Å². The van der Waals surface area contributed by atoms with E-state index in [0.29, 0.717) is 12.0 Å². The van der Waals surface area contributed by atoms with Gasteiger partial charge in [-0.2, -0.15) is 0 Å². The largest absolute Gasteiger partial charge is 0.444 e. The smallest absolute Gasteiger partial charge is 0.407 e. The molecule has 19 heavy (non-hydrogen) atoms. The average molecular weight is 268 g/mol. The van der Waals surface area contributed by atoms with Crippen LogP contribution in [-0.2, 0) is 4.74 Å². The van der Waals surface area contributed by atoms with Gasteiger partial charge in [0.2, 0.25) is 0 Å². The van der Waals surface area contributed by atoms with Crippen molar-refractivity contribution in [3.05, 3.63) is 0 Å². The quantitative estimate of drug-likeness (QED) is 0.809. The first kappa shape index (κ1) is 14.6. The number of alkyl carbamates (subject to hydrolysis) is 1. The molecule has 4 nitrogen and oxygen atoms in total. The first-order valence-electron chi connectivity index (χ1n) is 7.64. The van der Waals surface area contributed by atoms with Gasteiger partial charge in [-0.25, -0.2) is 4.79 Å². The monoisotopic (exact) mass is 268 g/mol. The van der Waals surface area contributed by atoms with Gasteiger partial charge < -0.3 is 15.4 Å². The minimum atomic E-state index is -0.414. The normalized spacial score (nSPS) is 31.4. The maximum Gasteiger partial charge on any atom is 0.407 e. The summed E-state index contributed by atoms with van der Waals surface area (Å²) in [4.78, 5) is 11.7. The van der Waals surface area contributed by atoms with Crippen LogP contribution in [0.25, 0.3) is 0 Å². The van der Waals surface area contributed by atoms with Crippen LogP contribution in [0.1, 0.15) is 52.9 Å². The predicted octanol–water partition coefficient (Wildman–Crippen LogP) is 2.68. The van der Waals surface area contributed by atoms with E-state index in [4.69, 9.17) is 4.74 Å². The van der Waals surface area contributed by atoms with E-state index in [-0.39, 0.29) is 6.09 Å². The maximum absolute atomic E-state index is 11.7. The molecule has 3 unspecified atom stereocenters. The molecule has 0 aromatic heterocycles. The minimum absolute atomic E-state index is 0.289. The number of hydrogen-bond acceptors (Lipinski definition) is 3. The molecule has 1 aliphatic heterocycles. The van der Waals surface area contributed by atoms with Gasteiger partial charge >= 0.3 is 6.09 Å². The fraction of sp³-hybridized carbons (Fsp3) is 0.933. The van der Waals surface area contributed by atoms with Crippen molar-refractivity contribution in [1.82, 2.24) is 10.6 Å². The van der Waals surface area contributed by atoms with E-state index in [1.165, 1.54) is 32.1 Å². The van der Waals surface area contributed by atoms with Crippen molar-refractivity contribution in [2.75, 3.05) is 13.1 Å². The van der Waals surface area contributed by atoms with Crippen molar-refractivity contribution in [3.8, 4) is 0 Å². The summed E-state index contributed by atoms with van der Waals surface area (Å²) in [5.74, 6) is 1.32. The molecule has 0 aromatic rings. The third-order valence-corrected chi connectivity index (χ3v) is 4.21. The summed E-state index contributed by atoms with van der Waals surface area (Å²) in [5, 5.41) is 6.55. The lowest BCUT2D eigenvalue weighted by molar-refractivity contribution is 0.0506. The fourth-order valence-electron chi connectivity index (χ4n) is 3.26. The molecule has 2 bridgehead atoms. The lowest BCUT2D eigenvalue weighted by Gasteiger charge is -2.35. The van der Waals surface area contributed by atoms with Crippen molar-refractivity contribution in [2.45, 2.75) is 64.5 Å². The van der Waals surface area contributed by atoms with E-state index in [1.807, 2.05) is 20.8 Å². The van der Waals surface area contributed by atoms with Gasteiger partial charge in [0.15, 0.2) is 0 Å². The summed E-state index contributed by atoms with van der Waals surface area (Å²) in [5.41, 5.74) is -0.414. The summed E-state index contributed by atoms with van der Waals surface area (Å²) in [6, 6.07) is 0.713. The number of hydrogen-bond donors (Lipinski definition) is 2. The van der Waals surface area contributed by atoms with Crippen LogP contribution in [-0.4, -0.2) is 30.8 Å². The van der Waals surface area contributed by atoms with Gasteiger partial charge in [-0.1, -0.05) is 19.3 Å². The second kappa shape index (κ2) is 6.12. The van der Waals surface area contributed by atoms with Crippen molar-refractivity contribution in [1.29, 1.82) is 0 Å². The molecule has 1 amide bonds. The summed E-state index contributed by atoms with van der Waals surface area (Å²) >= 11 is 0. The van der Waals surface area contributed by atoms with Crippen LogP contribution in [0.4, 0.5) is 4.79 Å². The molecule has 4 heteroatoms. The Labute approximate surface area is 116 Å². The van der Waals surface area contributed by atoms with Gasteiger partial charge in [0.25, 0.3) is 0 Å². The molecule has 110 valence electrons. The van der Waals surface area contributed by atoms with Crippen LogP contribution >= 0.6 is 0 Å². The van der Waals surface area contributed by atoms with Gasteiger partial charge in [-0.15, -0.1) is 0 Å². The van der Waals surface area contributed by atoms with E-state index < -0.39 is 5.60 Å². The Bertz CT molecular complexity index is 312. The summed E-state index contributed by atoms with van der Waals surface area (Å²) in [7, 11) is 0. The molecule has 1 saturated carbocycles. The lowest BCUT2D eigenvalue weighted by Crippen LogP contribution is -2.47. The Hall–Kier alpha value is -0.770. The second-order valence-corrected chi connectivity index (χ2v) is 7.03. The highest BCUT2D eigenvalue weighted by Gasteiger charge is 2.31. The van der Waals surface area contributed by atoms with Crippen LogP contribution in [0.5, 0.6) is 0 Å². The van der Waals surface area contributed by atoms with Crippen molar-refractivity contribution >= 4 is 6.09 Å². The predicted molar refractivity (Wildman–Crippen MR) is 76.1 cm³/mol. The molecular weight excluding hydrogens is 240 g/mol. The van der Waals surface area contributed by atoms with Crippen LogP contribution in [0.3, 0.4) is 0 Å². The lowest BCUT2D eigenvalue weighted by atomic mass is 9.82. The highest BCUT2D eigenvalue weighted by atomic mass is 16.6. The van der Waals surface area contributed by atoms with Crippen molar-refractivity contribution in [2.24, 2.45) is 11.8 Å². The number of carbonyl (C=O) groups excluding carboxylic acids is 1. The Balaban J connectivity index is 1.78. The number of ether oxygens (including phenoxy) is 1. The average Bonchev–Trinajstić information content (AvgIpc) is 2.49. The number of carbonyl (C=O) groups is 1. The highest BCUT2D eigenvalue weighted by Crippen LogP contribution is 2.32. The van der Waals surface area contributed by atoms with E-state index in [1.54, 1.807) is 0 Å². The van der Waals surface area contributed by atoms with Crippen LogP contribution in [0, 0.1) is 11.8 Å². The van der Waals surface area contributed by atoms with E-state index >= 15 is 0 Å². The minimum Gasteiger partial charge on any atom is -0.444 e. The topological polar surface area (TPSA) is 50.4 Å². The molecule has 1 aliphatic carbocycles. The van der Waals surface area contributed by atoms with E-state index in [0.717, 1.165) is 19.0 Å². The fourth-order valence-corrected chi connectivity index (χ4v) is 3.26. The Morgan fingerprint density at radius 3 is 2.79 bits per heavy atom. The van der Waals surface area contributed by atoms with Crippen molar-refractivity contribution < 1.29 is 9.53 Å². The Morgan fingerprint density at radius 2 is 2.05 bits per heavy atom. The molecule has 3 atom stereocenters. The third-order valence-electron chi connectivity index (χ3n) is 4.21. The number of amides is 1. The molecule has 2 rings (SSSR count). The second-order valence-electron chi connectivity index (χ2n) is 7.03. The van der Waals surface area contributed by atoms with E-state index in [2.05, 4.69) is 10.6 Å². The molecule has 2 aliphatic rings. The third kappa shape index (κ3) is 4.68. The zero-order chi connectivity index (χ0) is 13.9. The molecule has 0 radical (unpaired) electrons. The summed E-state index contributed by atoms with van der Waals surface area (Å²) in [6.45, 7) is 7.45. The first-order chi connectivity index (χ1) is 8.94. The van der Waals surface area contributed by atoms with Crippen LogP contribution in [0.2, 0.25) is 0 Å².